The fourth-order valence-electron chi connectivity index (χ4n) is 1.15. The molecule has 1 heterocycles. The molecule has 1 amide bonds. The Kier molecular flexibility index (Phi) is 4.69. The molecular formula is C11H18N4O. The molecule has 0 spiro atoms. The molecule has 0 saturated carbocycles. The molecule has 88 valence electrons. The van der Waals surface area contributed by atoms with Crippen molar-refractivity contribution in [2.75, 3.05) is 25.0 Å². The molecule has 0 radical (unpaired) electrons. The second-order valence-corrected chi connectivity index (χ2v) is 4.10. The fourth-order valence-corrected chi connectivity index (χ4v) is 1.15. The van der Waals surface area contributed by atoms with E-state index in [2.05, 4.69) is 29.1 Å². The zero-order chi connectivity index (χ0) is 12.0. The van der Waals surface area contributed by atoms with E-state index in [1.165, 1.54) is 0 Å². The van der Waals surface area contributed by atoms with Crippen LogP contribution in [0.15, 0.2) is 18.5 Å². The molecule has 1 aromatic heterocycles. The van der Waals surface area contributed by atoms with Crippen LogP contribution in [-0.4, -0.2) is 36.0 Å². The van der Waals surface area contributed by atoms with Crippen LogP contribution in [0.25, 0.3) is 0 Å². The van der Waals surface area contributed by atoms with Crippen molar-refractivity contribution in [3.63, 3.8) is 0 Å². The summed E-state index contributed by atoms with van der Waals surface area (Å²) >= 11 is 0. The Bertz CT molecular complexity index is 326. The first-order chi connectivity index (χ1) is 7.59. The molecule has 5 nitrogen and oxygen atoms in total. The van der Waals surface area contributed by atoms with Gasteiger partial charge in [0.15, 0.2) is 0 Å². The van der Waals surface area contributed by atoms with E-state index < -0.39 is 0 Å². The summed E-state index contributed by atoms with van der Waals surface area (Å²) in [5.74, 6) is 1.01. The number of aromatic nitrogens is 2. The van der Waals surface area contributed by atoms with Crippen molar-refractivity contribution in [3.8, 4) is 0 Å². The van der Waals surface area contributed by atoms with E-state index in [-0.39, 0.29) is 12.5 Å². The summed E-state index contributed by atoms with van der Waals surface area (Å²) < 4.78 is 0. The summed E-state index contributed by atoms with van der Waals surface area (Å²) in [7, 11) is 1.80. The maximum atomic E-state index is 11.5. The number of rotatable bonds is 5. The summed E-state index contributed by atoms with van der Waals surface area (Å²) in [6, 6.07) is 1.75. The Hall–Kier alpha value is -1.65. The third-order valence-corrected chi connectivity index (χ3v) is 1.98. The summed E-state index contributed by atoms with van der Waals surface area (Å²) in [6.07, 6.45) is 3.32. The van der Waals surface area contributed by atoms with Gasteiger partial charge in [-0.05, 0) is 12.0 Å². The smallest absolute Gasteiger partial charge is 0.239 e. The van der Waals surface area contributed by atoms with Crippen molar-refractivity contribution in [2.24, 2.45) is 5.92 Å². The highest BCUT2D eigenvalue weighted by atomic mass is 16.2. The molecule has 0 aliphatic heterocycles. The molecule has 0 unspecified atom stereocenters. The molecule has 0 aliphatic carbocycles. The Morgan fingerprint density at radius 3 is 2.62 bits per heavy atom. The van der Waals surface area contributed by atoms with Gasteiger partial charge in [0.05, 0.1) is 6.54 Å². The monoisotopic (exact) mass is 222 g/mol. The van der Waals surface area contributed by atoms with Gasteiger partial charge in [0.25, 0.3) is 0 Å². The summed E-state index contributed by atoms with van der Waals surface area (Å²) in [6.45, 7) is 5.09. The molecule has 16 heavy (non-hydrogen) atoms. The number of hydrogen-bond acceptors (Lipinski definition) is 4. The zero-order valence-corrected chi connectivity index (χ0v) is 9.97. The van der Waals surface area contributed by atoms with Gasteiger partial charge in [0.2, 0.25) is 11.9 Å². The lowest BCUT2D eigenvalue weighted by atomic mass is 10.2. The predicted octanol–water partition coefficient (Wildman–Crippen LogP) is 0.685. The van der Waals surface area contributed by atoms with Crippen LogP contribution in [0.4, 0.5) is 5.95 Å². The number of hydrogen-bond donors (Lipinski definition) is 1. The van der Waals surface area contributed by atoms with E-state index in [9.17, 15) is 4.79 Å². The van der Waals surface area contributed by atoms with Gasteiger partial charge >= 0.3 is 0 Å². The number of carbonyl (C=O) groups excluding carboxylic acids is 1. The van der Waals surface area contributed by atoms with Gasteiger partial charge in [0, 0.05) is 26.0 Å². The molecule has 0 aliphatic rings. The lowest BCUT2D eigenvalue weighted by Crippen LogP contribution is -2.37. The van der Waals surface area contributed by atoms with Crippen LogP contribution in [0.3, 0.4) is 0 Å². The Balaban J connectivity index is 2.40. The van der Waals surface area contributed by atoms with Crippen LogP contribution in [0.2, 0.25) is 0 Å². The minimum Gasteiger partial charge on any atom is -0.354 e. The van der Waals surface area contributed by atoms with Crippen molar-refractivity contribution in [2.45, 2.75) is 13.8 Å². The number of likely N-dealkylation sites (N-methyl/N-ethyl adjacent to an activating group) is 1. The molecule has 0 atom stereocenters. The molecular weight excluding hydrogens is 204 g/mol. The molecule has 0 aromatic carbocycles. The van der Waals surface area contributed by atoms with Crippen molar-refractivity contribution in [1.82, 2.24) is 15.3 Å². The number of nitrogens with zero attached hydrogens (tertiary/aromatic N) is 3. The van der Waals surface area contributed by atoms with Crippen molar-refractivity contribution >= 4 is 11.9 Å². The average Bonchev–Trinajstić information content (AvgIpc) is 2.27. The van der Waals surface area contributed by atoms with Crippen LogP contribution in [0.1, 0.15) is 13.8 Å². The lowest BCUT2D eigenvalue weighted by Gasteiger charge is -2.16. The second kappa shape index (κ2) is 6.05. The van der Waals surface area contributed by atoms with Gasteiger partial charge in [-0.2, -0.15) is 0 Å². The van der Waals surface area contributed by atoms with E-state index >= 15 is 0 Å². The SMILES string of the molecule is CC(C)CNC(=O)CN(C)c1ncccn1. The number of nitrogens with one attached hydrogen (secondary N) is 1. The lowest BCUT2D eigenvalue weighted by molar-refractivity contribution is -0.119. The normalized spacial score (nSPS) is 10.2. The molecule has 5 heteroatoms. The van der Waals surface area contributed by atoms with E-state index in [0.717, 1.165) is 0 Å². The molecule has 1 N–H and O–H groups in total. The van der Waals surface area contributed by atoms with E-state index in [1.54, 1.807) is 30.4 Å². The van der Waals surface area contributed by atoms with Crippen LogP contribution in [0.5, 0.6) is 0 Å². The minimum absolute atomic E-state index is 0.0105. The highest BCUT2D eigenvalue weighted by Gasteiger charge is 2.08. The van der Waals surface area contributed by atoms with Crippen LogP contribution in [0, 0.1) is 5.92 Å². The summed E-state index contributed by atoms with van der Waals surface area (Å²) in [4.78, 5) is 21.4. The number of anilines is 1. The summed E-state index contributed by atoms with van der Waals surface area (Å²) in [5, 5.41) is 2.85. The van der Waals surface area contributed by atoms with Gasteiger partial charge in [-0.1, -0.05) is 13.8 Å². The molecule has 0 bridgehead atoms. The maximum absolute atomic E-state index is 11.5. The van der Waals surface area contributed by atoms with E-state index in [1.807, 2.05) is 0 Å². The first-order valence-corrected chi connectivity index (χ1v) is 5.34. The Morgan fingerprint density at radius 2 is 2.06 bits per heavy atom. The van der Waals surface area contributed by atoms with Crippen molar-refractivity contribution < 1.29 is 4.79 Å². The van der Waals surface area contributed by atoms with Gasteiger partial charge < -0.3 is 10.2 Å². The van der Waals surface area contributed by atoms with E-state index in [4.69, 9.17) is 0 Å². The van der Waals surface area contributed by atoms with Gasteiger partial charge in [-0.25, -0.2) is 9.97 Å². The minimum atomic E-state index is -0.0105. The second-order valence-electron chi connectivity index (χ2n) is 4.10. The third kappa shape index (κ3) is 4.25. The molecule has 0 saturated heterocycles. The largest absolute Gasteiger partial charge is 0.354 e. The van der Waals surface area contributed by atoms with Crippen LogP contribution >= 0.6 is 0 Å². The zero-order valence-electron chi connectivity index (χ0n) is 9.97. The van der Waals surface area contributed by atoms with Crippen molar-refractivity contribution in [3.05, 3.63) is 18.5 Å². The number of carbonyl (C=O) groups is 1. The quantitative estimate of drug-likeness (QED) is 0.796. The highest BCUT2D eigenvalue weighted by molar-refractivity contribution is 5.80. The van der Waals surface area contributed by atoms with Crippen LogP contribution < -0.4 is 10.2 Å². The van der Waals surface area contributed by atoms with E-state index in [0.29, 0.717) is 18.4 Å². The first-order valence-electron chi connectivity index (χ1n) is 5.34. The molecule has 1 rings (SSSR count). The highest BCUT2D eigenvalue weighted by Crippen LogP contribution is 2.00. The molecule has 0 fully saturated rings. The van der Waals surface area contributed by atoms with Crippen LogP contribution in [-0.2, 0) is 4.79 Å². The first kappa shape index (κ1) is 12.4. The van der Waals surface area contributed by atoms with Crippen molar-refractivity contribution in [1.29, 1.82) is 0 Å². The Morgan fingerprint density at radius 1 is 1.44 bits per heavy atom. The Labute approximate surface area is 95.9 Å². The van der Waals surface area contributed by atoms with Gasteiger partial charge in [-0.3, -0.25) is 4.79 Å². The predicted molar refractivity (Wildman–Crippen MR) is 63.1 cm³/mol. The maximum Gasteiger partial charge on any atom is 0.239 e. The third-order valence-electron chi connectivity index (χ3n) is 1.98. The standard InChI is InChI=1S/C11H18N4O/c1-9(2)7-14-10(16)8-15(3)11-12-5-4-6-13-11/h4-6,9H,7-8H2,1-3H3,(H,14,16). The topological polar surface area (TPSA) is 58.1 Å². The fraction of sp³-hybridized carbons (Fsp3) is 0.545. The number of amides is 1. The van der Waals surface area contributed by atoms with Gasteiger partial charge in [-0.15, -0.1) is 0 Å². The van der Waals surface area contributed by atoms with Gasteiger partial charge in [0.1, 0.15) is 0 Å². The summed E-state index contributed by atoms with van der Waals surface area (Å²) in [5.41, 5.74) is 0. The molecule has 1 aromatic rings. The average molecular weight is 222 g/mol.